The number of nitrogens with zero attached hydrogens (tertiary/aromatic N) is 2. The van der Waals surface area contributed by atoms with Crippen LogP contribution in [0, 0.1) is 10.1 Å². The van der Waals surface area contributed by atoms with Gasteiger partial charge in [-0.15, -0.1) is 0 Å². The van der Waals surface area contributed by atoms with Gasteiger partial charge in [0.1, 0.15) is 5.75 Å². The van der Waals surface area contributed by atoms with E-state index in [4.69, 9.17) is 10.5 Å². The summed E-state index contributed by atoms with van der Waals surface area (Å²) in [6, 6.07) is 9.97. The minimum Gasteiger partial charge on any atom is -0.439 e. The highest BCUT2D eigenvalue weighted by molar-refractivity contribution is 5.36. The summed E-state index contributed by atoms with van der Waals surface area (Å²) in [6.45, 7) is 0.590. The molecule has 0 amide bonds. The van der Waals surface area contributed by atoms with E-state index in [1.165, 1.54) is 18.3 Å². The fraction of sp³-hybridized carbons (Fsp3) is 0.154. The zero-order valence-electron chi connectivity index (χ0n) is 10.2. The summed E-state index contributed by atoms with van der Waals surface area (Å²) >= 11 is 0. The third-order valence-electron chi connectivity index (χ3n) is 2.51. The van der Waals surface area contributed by atoms with Crippen molar-refractivity contribution in [1.82, 2.24) is 4.98 Å². The average molecular weight is 259 g/mol. The predicted molar refractivity (Wildman–Crippen MR) is 70.2 cm³/mol. The lowest BCUT2D eigenvalue weighted by atomic mass is 10.1. The van der Waals surface area contributed by atoms with Crippen molar-refractivity contribution in [3.05, 3.63) is 58.3 Å². The first-order valence-electron chi connectivity index (χ1n) is 5.76. The summed E-state index contributed by atoms with van der Waals surface area (Å²) in [5.41, 5.74) is 6.52. The summed E-state index contributed by atoms with van der Waals surface area (Å²) in [6.07, 6.45) is 2.14. The van der Waals surface area contributed by atoms with Crippen molar-refractivity contribution in [3.63, 3.8) is 0 Å². The van der Waals surface area contributed by atoms with Crippen molar-refractivity contribution in [1.29, 1.82) is 0 Å². The Bertz CT molecular complexity index is 570. The number of nitro groups is 1. The minimum absolute atomic E-state index is 0.0512. The van der Waals surface area contributed by atoms with Gasteiger partial charge in [0, 0.05) is 12.3 Å². The Morgan fingerprint density at radius 3 is 2.63 bits per heavy atom. The van der Waals surface area contributed by atoms with E-state index in [-0.39, 0.29) is 11.6 Å². The number of nitrogens with two attached hydrogens (primary N) is 1. The van der Waals surface area contributed by atoms with Gasteiger partial charge in [-0.2, -0.15) is 0 Å². The molecule has 0 saturated heterocycles. The van der Waals surface area contributed by atoms with Crippen molar-refractivity contribution < 1.29 is 9.66 Å². The van der Waals surface area contributed by atoms with E-state index in [1.807, 2.05) is 12.1 Å². The largest absolute Gasteiger partial charge is 0.439 e. The normalized spacial score (nSPS) is 10.2. The molecule has 19 heavy (non-hydrogen) atoms. The summed E-state index contributed by atoms with van der Waals surface area (Å²) in [4.78, 5) is 14.1. The molecule has 0 aliphatic carbocycles. The van der Waals surface area contributed by atoms with Crippen LogP contribution in [0.5, 0.6) is 11.6 Å². The second-order valence-electron chi connectivity index (χ2n) is 3.89. The molecular weight excluding hydrogens is 246 g/mol. The Kier molecular flexibility index (Phi) is 4.04. The van der Waals surface area contributed by atoms with E-state index in [1.54, 1.807) is 12.1 Å². The van der Waals surface area contributed by atoms with Crippen LogP contribution < -0.4 is 10.5 Å². The van der Waals surface area contributed by atoms with Gasteiger partial charge in [0.15, 0.2) is 0 Å². The average Bonchev–Trinajstić information content (AvgIpc) is 2.42. The fourth-order valence-corrected chi connectivity index (χ4v) is 1.58. The molecule has 0 atom stereocenters. The molecular formula is C13H13N3O3. The Balaban J connectivity index is 2.12. The molecule has 1 aromatic carbocycles. The van der Waals surface area contributed by atoms with Gasteiger partial charge in [-0.3, -0.25) is 10.1 Å². The highest BCUT2D eigenvalue weighted by atomic mass is 16.6. The van der Waals surface area contributed by atoms with Crippen LogP contribution in [0.4, 0.5) is 5.69 Å². The van der Waals surface area contributed by atoms with E-state index in [2.05, 4.69) is 4.98 Å². The number of pyridine rings is 1. The molecule has 2 rings (SSSR count). The topological polar surface area (TPSA) is 91.3 Å². The number of rotatable bonds is 5. The SMILES string of the molecule is NCCc1ccc(Oc2cc([N+](=O)[O-])ccn2)cc1. The van der Waals surface area contributed by atoms with Gasteiger partial charge in [-0.25, -0.2) is 4.98 Å². The van der Waals surface area contributed by atoms with Gasteiger partial charge in [-0.05, 0) is 30.7 Å². The lowest BCUT2D eigenvalue weighted by molar-refractivity contribution is -0.385. The van der Waals surface area contributed by atoms with E-state index >= 15 is 0 Å². The van der Waals surface area contributed by atoms with Crippen LogP contribution in [0.2, 0.25) is 0 Å². The van der Waals surface area contributed by atoms with E-state index in [9.17, 15) is 10.1 Å². The summed E-state index contributed by atoms with van der Waals surface area (Å²) in [5, 5.41) is 10.6. The Hall–Kier alpha value is -2.47. The van der Waals surface area contributed by atoms with Gasteiger partial charge >= 0.3 is 0 Å². The lowest BCUT2D eigenvalue weighted by Gasteiger charge is -2.05. The molecule has 0 radical (unpaired) electrons. The molecule has 0 spiro atoms. The van der Waals surface area contributed by atoms with Crippen molar-refractivity contribution in [2.24, 2.45) is 5.73 Å². The number of benzene rings is 1. The fourth-order valence-electron chi connectivity index (χ4n) is 1.58. The second kappa shape index (κ2) is 5.92. The second-order valence-corrected chi connectivity index (χ2v) is 3.89. The Morgan fingerprint density at radius 1 is 1.26 bits per heavy atom. The van der Waals surface area contributed by atoms with E-state index < -0.39 is 4.92 Å². The summed E-state index contributed by atoms with van der Waals surface area (Å²) < 4.78 is 5.46. The highest BCUT2D eigenvalue weighted by Crippen LogP contribution is 2.23. The number of aromatic nitrogens is 1. The lowest BCUT2D eigenvalue weighted by Crippen LogP contribution is -2.02. The van der Waals surface area contributed by atoms with Crippen LogP contribution in [0.15, 0.2) is 42.6 Å². The summed E-state index contributed by atoms with van der Waals surface area (Å²) in [7, 11) is 0. The molecule has 0 aliphatic heterocycles. The molecule has 2 N–H and O–H groups in total. The molecule has 6 nitrogen and oxygen atoms in total. The van der Waals surface area contributed by atoms with Crippen LogP contribution in [0.3, 0.4) is 0 Å². The van der Waals surface area contributed by atoms with E-state index in [0.717, 1.165) is 12.0 Å². The quantitative estimate of drug-likeness (QED) is 0.657. The maximum atomic E-state index is 10.6. The molecule has 1 aromatic heterocycles. The van der Waals surface area contributed by atoms with Gasteiger partial charge in [0.2, 0.25) is 5.88 Å². The first-order valence-corrected chi connectivity index (χ1v) is 5.76. The molecule has 0 saturated carbocycles. The summed E-state index contributed by atoms with van der Waals surface area (Å²) in [5.74, 6) is 0.773. The molecule has 0 aliphatic rings. The monoisotopic (exact) mass is 259 g/mol. The first-order chi connectivity index (χ1) is 9.19. The van der Waals surface area contributed by atoms with Gasteiger partial charge in [0.25, 0.3) is 5.69 Å². The van der Waals surface area contributed by atoms with Gasteiger partial charge < -0.3 is 10.5 Å². The zero-order chi connectivity index (χ0) is 13.7. The van der Waals surface area contributed by atoms with Crippen molar-refractivity contribution in [2.75, 3.05) is 6.54 Å². The van der Waals surface area contributed by atoms with Crippen LogP contribution >= 0.6 is 0 Å². The predicted octanol–water partition coefficient (Wildman–Crippen LogP) is 2.28. The molecule has 0 fully saturated rings. The van der Waals surface area contributed by atoms with Crippen LogP contribution in [0.1, 0.15) is 5.56 Å². The van der Waals surface area contributed by atoms with Crippen molar-refractivity contribution in [3.8, 4) is 11.6 Å². The molecule has 0 unspecified atom stereocenters. The van der Waals surface area contributed by atoms with Gasteiger partial charge in [-0.1, -0.05) is 12.1 Å². The van der Waals surface area contributed by atoms with Crippen molar-refractivity contribution >= 4 is 5.69 Å². The standard InChI is InChI=1S/C13H13N3O3/c14-7-5-10-1-3-12(4-2-10)19-13-9-11(16(17)18)6-8-15-13/h1-4,6,8-9H,5,7,14H2. The number of hydrogen-bond acceptors (Lipinski definition) is 5. The maximum absolute atomic E-state index is 10.6. The van der Waals surface area contributed by atoms with E-state index in [0.29, 0.717) is 12.3 Å². The molecule has 0 bridgehead atoms. The highest BCUT2D eigenvalue weighted by Gasteiger charge is 2.08. The third-order valence-corrected chi connectivity index (χ3v) is 2.51. The Morgan fingerprint density at radius 2 is 2.00 bits per heavy atom. The van der Waals surface area contributed by atoms with Crippen LogP contribution in [-0.2, 0) is 6.42 Å². The van der Waals surface area contributed by atoms with Crippen LogP contribution in [-0.4, -0.2) is 16.5 Å². The van der Waals surface area contributed by atoms with Crippen molar-refractivity contribution in [2.45, 2.75) is 6.42 Å². The smallest absolute Gasteiger partial charge is 0.276 e. The molecule has 6 heteroatoms. The first kappa shape index (κ1) is 13.0. The third kappa shape index (κ3) is 3.49. The molecule has 2 aromatic rings. The van der Waals surface area contributed by atoms with Gasteiger partial charge in [0.05, 0.1) is 11.0 Å². The minimum atomic E-state index is -0.487. The maximum Gasteiger partial charge on any atom is 0.276 e. The molecule has 1 heterocycles. The Labute approximate surface area is 110 Å². The molecule has 98 valence electrons. The number of hydrogen-bond donors (Lipinski definition) is 1. The van der Waals surface area contributed by atoms with Crippen LogP contribution in [0.25, 0.3) is 0 Å². The number of ether oxygens (including phenoxy) is 1. The zero-order valence-corrected chi connectivity index (χ0v) is 10.2.